The molecule has 4 nitrogen and oxygen atoms in total. The summed E-state index contributed by atoms with van der Waals surface area (Å²) in [6, 6.07) is 0. The second-order valence-corrected chi connectivity index (χ2v) is 4.91. The van der Waals surface area contributed by atoms with Crippen molar-refractivity contribution < 1.29 is 4.79 Å². The van der Waals surface area contributed by atoms with Gasteiger partial charge in [-0.05, 0) is 18.3 Å². The van der Waals surface area contributed by atoms with Crippen molar-refractivity contribution in [2.75, 3.05) is 5.32 Å². The first-order valence-electron chi connectivity index (χ1n) is 5.39. The molecule has 1 heterocycles. The smallest absolute Gasteiger partial charge is 0.228 e. The lowest BCUT2D eigenvalue weighted by Gasteiger charge is -2.25. The highest BCUT2D eigenvalue weighted by Gasteiger charge is 2.39. The quantitative estimate of drug-likeness (QED) is 0.780. The summed E-state index contributed by atoms with van der Waals surface area (Å²) < 4.78 is 0. The van der Waals surface area contributed by atoms with Gasteiger partial charge in [-0.15, -0.1) is 0 Å². The molecule has 1 amide bonds. The highest BCUT2D eigenvalue weighted by atomic mass is 16.1. The second kappa shape index (κ2) is 3.68. The zero-order valence-electron chi connectivity index (χ0n) is 9.21. The molecule has 0 spiro atoms. The first-order chi connectivity index (χ1) is 7.09. The summed E-state index contributed by atoms with van der Waals surface area (Å²) >= 11 is 0. The van der Waals surface area contributed by atoms with E-state index in [4.69, 9.17) is 0 Å². The average Bonchev–Trinajstić information content (AvgIpc) is 2.73. The zero-order valence-corrected chi connectivity index (χ0v) is 9.21. The van der Waals surface area contributed by atoms with Crippen molar-refractivity contribution in [2.24, 2.45) is 11.3 Å². The van der Waals surface area contributed by atoms with Crippen molar-refractivity contribution in [2.45, 2.75) is 33.1 Å². The van der Waals surface area contributed by atoms with E-state index in [-0.39, 0.29) is 17.2 Å². The number of H-pyrrole nitrogens is 1. The monoisotopic (exact) mass is 207 g/mol. The van der Waals surface area contributed by atoms with E-state index >= 15 is 0 Å². The standard InChI is InChI=1S/C11H17N3O/c1-11(2)5-3-4-9(11)10(15)14-8-6-12-13-7-8/h6-7,9H,3-5H2,1-2H3,(H,12,13)(H,14,15). The lowest BCUT2D eigenvalue weighted by atomic mass is 9.81. The molecule has 1 aromatic rings. The third-order valence-corrected chi connectivity index (χ3v) is 3.34. The Hall–Kier alpha value is -1.32. The van der Waals surface area contributed by atoms with Gasteiger partial charge >= 0.3 is 0 Å². The topological polar surface area (TPSA) is 57.8 Å². The molecule has 2 N–H and O–H groups in total. The molecule has 1 unspecified atom stereocenters. The van der Waals surface area contributed by atoms with Crippen LogP contribution in [-0.4, -0.2) is 16.1 Å². The van der Waals surface area contributed by atoms with Gasteiger partial charge < -0.3 is 5.32 Å². The first-order valence-corrected chi connectivity index (χ1v) is 5.39. The lowest BCUT2D eigenvalue weighted by molar-refractivity contribution is -0.122. The number of amides is 1. The maximum absolute atomic E-state index is 12.0. The fourth-order valence-corrected chi connectivity index (χ4v) is 2.36. The number of aromatic amines is 1. The van der Waals surface area contributed by atoms with Gasteiger partial charge in [0, 0.05) is 12.1 Å². The summed E-state index contributed by atoms with van der Waals surface area (Å²) in [5, 5.41) is 9.37. The van der Waals surface area contributed by atoms with Crippen LogP contribution in [0.25, 0.3) is 0 Å². The number of aromatic nitrogens is 2. The van der Waals surface area contributed by atoms with Gasteiger partial charge in [-0.2, -0.15) is 5.10 Å². The van der Waals surface area contributed by atoms with E-state index in [2.05, 4.69) is 29.4 Å². The van der Waals surface area contributed by atoms with Gasteiger partial charge in [0.25, 0.3) is 0 Å². The summed E-state index contributed by atoms with van der Waals surface area (Å²) in [4.78, 5) is 12.0. The van der Waals surface area contributed by atoms with Crippen LogP contribution in [0.15, 0.2) is 12.4 Å². The maximum atomic E-state index is 12.0. The molecule has 2 rings (SSSR count). The van der Waals surface area contributed by atoms with Crippen molar-refractivity contribution >= 4 is 11.6 Å². The minimum Gasteiger partial charge on any atom is -0.323 e. The molecule has 0 aromatic carbocycles. The average molecular weight is 207 g/mol. The Labute approximate surface area is 89.5 Å². The van der Waals surface area contributed by atoms with Crippen molar-refractivity contribution in [3.8, 4) is 0 Å². The molecular formula is C11H17N3O. The van der Waals surface area contributed by atoms with Crippen LogP contribution >= 0.6 is 0 Å². The lowest BCUT2D eigenvalue weighted by Crippen LogP contribution is -2.30. The molecule has 0 bridgehead atoms. The predicted molar refractivity (Wildman–Crippen MR) is 58.3 cm³/mol. The summed E-state index contributed by atoms with van der Waals surface area (Å²) in [5.41, 5.74) is 0.885. The van der Waals surface area contributed by atoms with Gasteiger partial charge in [-0.25, -0.2) is 0 Å². The maximum Gasteiger partial charge on any atom is 0.228 e. The number of nitrogens with one attached hydrogen (secondary N) is 2. The molecule has 4 heteroatoms. The third kappa shape index (κ3) is 2.03. The van der Waals surface area contributed by atoms with Crippen molar-refractivity contribution in [1.82, 2.24) is 10.2 Å². The first kappa shape index (κ1) is 10.2. The van der Waals surface area contributed by atoms with Gasteiger partial charge in [0.15, 0.2) is 0 Å². The molecule has 1 saturated carbocycles. The highest BCUT2D eigenvalue weighted by molar-refractivity contribution is 5.92. The third-order valence-electron chi connectivity index (χ3n) is 3.34. The molecular weight excluding hydrogens is 190 g/mol. The summed E-state index contributed by atoms with van der Waals surface area (Å²) in [5.74, 6) is 0.256. The second-order valence-electron chi connectivity index (χ2n) is 4.91. The van der Waals surface area contributed by atoms with Gasteiger partial charge in [-0.1, -0.05) is 20.3 Å². The summed E-state index contributed by atoms with van der Waals surface area (Å²) in [6.07, 6.45) is 6.60. The van der Waals surface area contributed by atoms with E-state index < -0.39 is 0 Å². The number of nitrogens with zero attached hydrogens (tertiary/aromatic N) is 1. The van der Waals surface area contributed by atoms with Crippen molar-refractivity contribution in [3.05, 3.63) is 12.4 Å². The number of carbonyl (C=O) groups excluding carboxylic acids is 1. The SMILES string of the molecule is CC1(C)CCCC1C(=O)Nc1cn[nH]c1. The van der Waals surface area contributed by atoms with Crippen LogP contribution in [0.1, 0.15) is 33.1 Å². The van der Waals surface area contributed by atoms with Crippen LogP contribution in [0.5, 0.6) is 0 Å². The summed E-state index contributed by atoms with van der Waals surface area (Å²) in [6.45, 7) is 4.33. The summed E-state index contributed by atoms with van der Waals surface area (Å²) in [7, 11) is 0. The number of hydrogen-bond acceptors (Lipinski definition) is 2. The molecule has 15 heavy (non-hydrogen) atoms. The fourth-order valence-electron chi connectivity index (χ4n) is 2.36. The van der Waals surface area contributed by atoms with E-state index in [1.807, 2.05) is 0 Å². The number of anilines is 1. The highest BCUT2D eigenvalue weighted by Crippen LogP contribution is 2.42. The minimum atomic E-state index is 0.124. The van der Waals surface area contributed by atoms with Crippen LogP contribution < -0.4 is 5.32 Å². The molecule has 0 radical (unpaired) electrons. The predicted octanol–water partition coefficient (Wildman–Crippen LogP) is 2.17. The van der Waals surface area contributed by atoms with Crippen LogP contribution in [0, 0.1) is 11.3 Å². The fraction of sp³-hybridized carbons (Fsp3) is 0.636. The number of rotatable bonds is 2. The Kier molecular flexibility index (Phi) is 2.50. The molecule has 0 aliphatic heterocycles. The van der Waals surface area contributed by atoms with E-state index in [1.165, 1.54) is 0 Å². The Balaban J connectivity index is 2.02. The zero-order chi connectivity index (χ0) is 10.9. The van der Waals surface area contributed by atoms with E-state index in [0.29, 0.717) is 0 Å². The normalized spacial score (nSPS) is 24.0. The van der Waals surface area contributed by atoms with Gasteiger partial charge in [0.05, 0.1) is 11.9 Å². The molecule has 1 aliphatic rings. The Bertz CT molecular complexity index is 343. The number of carbonyl (C=O) groups is 1. The van der Waals surface area contributed by atoms with E-state index in [1.54, 1.807) is 12.4 Å². The van der Waals surface area contributed by atoms with Crippen LogP contribution in [0.4, 0.5) is 5.69 Å². The van der Waals surface area contributed by atoms with Gasteiger partial charge in [0.1, 0.15) is 0 Å². The van der Waals surface area contributed by atoms with Crippen LogP contribution in [0.3, 0.4) is 0 Å². The van der Waals surface area contributed by atoms with Crippen LogP contribution in [0.2, 0.25) is 0 Å². The van der Waals surface area contributed by atoms with Crippen LogP contribution in [-0.2, 0) is 4.79 Å². The number of hydrogen-bond donors (Lipinski definition) is 2. The molecule has 1 atom stereocenters. The largest absolute Gasteiger partial charge is 0.323 e. The molecule has 1 aliphatic carbocycles. The molecule has 1 fully saturated rings. The van der Waals surface area contributed by atoms with Crippen molar-refractivity contribution in [1.29, 1.82) is 0 Å². The van der Waals surface area contributed by atoms with E-state index in [9.17, 15) is 4.79 Å². The van der Waals surface area contributed by atoms with E-state index in [0.717, 1.165) is 24.9 Å². The Morgan fingerprint density at radius 1 is 1.67 bits per heavy atom. The Morgan fingerprint density at radius 2 is 2.47 bits per heavy atom. The van der Waals surface area contributed by atoms with Crippen molar-refractivity contribution in [3.63, 3.8) is 0 Å². The molecule has 82 valence electrons. The Morgan fingerprint density at radius 3 is 3.00 bits per heavy atom. The molecule has 1 aromatic heterocycles. The van der Waals surface area contributed by atoms with Gasteiger partial charge in [-0.3, -0.25) is 9.89 Å². The molecule has 0 saturated heterocycles. The van der Waals surface area contributed by atoms with Gasteiger partial charge in [0.2, 0.25) is 5.91 Å². The minimum absolute atomic E-state index is 0.124.